The molecular formula is C7H9N5O2. The molecule has 7 nitrogen and oxygen atoms in total. The molecule has 0 aliphatic rings. The van der Waals surface area contributed by atoms with Crippen LogP contribution in [0.4, 0.5) is 0 Å². The fourth-order valence-electron chi connectivity index (χ4n) is 1.01. The van der Waals surface area contributed by atoms with E-state index in [2.05, 4.69) is 25.1 Å². The first kappa shape index (κ1) is 8.82. The molecule has 2 N–H and O–H groups in total. The van der Waals surface area contributed by atoms with Gasteiger partial charge in [-0.05, 0) is 12.1 Å². The number of hydrogen-bond acceptors (Lipinski definition) is 7. The lowest BCUT2D eigenvalue weighted by atomic mass is 10.3. The van der Waals surface area contributed by atoms with E-state index in [0.717, 1.165) is 0 Å². The smallest absolute Gasteiger partial charge is 0.228 e. The molecule has 2 rings (SSSR count). The van der Waals surface area contributed by atoms with Crippen LogP contribution < -0.4 is 5.73 Å². The van der Waals surface area contributed by atoms with Crippen molar-refractivity contribution >= 4 is 0 Å². The summed E-state index contributed by atoms with van der Waals surface area (Å²) in [4.78, 5) is 4.08. The predicted octanol–water partition coefficient (Wildman–Crippen LogP) is -0.0708. The first-order chi connectivity index (χ1) is 6.81. The molecule has 14 heavy (non-hydrogen) atoms. The zero-order chi connectivity index (χ0) is 9.97. The van der Waals surface area contributed by atoms with Crippen molar-refractivity contribution in [3.63, 3.8) is 0 Å². The summed E-state index contributed by atoms with van der Waals surface area (Å²) >= 11 is 0. The Kier molecular flexibility index (Phi) is 2.23. The van der Waals surface area contributed by atoms with Crippen molar-refractivity contribution in [3.8, 4) is 11.5 Å². The van der Waals surface area contributed by atoms with E-state index >= 15 is 0 Å². The van der Waals surface area contributed by atoms with E-state index in [9.17, 15) is 0 Å². The van der Waals surface area contributed by atoms with Gasteiger partial charge in [0.25, 0.3) is 0 Å². The molecular weight excluding hydrogens is 186 g/mol. The van der Waals surface area contributed by atoms with Gasteiger partial charge in [0.05, 0.1) is 0 Å². The van der Waals surface area contributed by atoms with Crippen molar-refractivity contribution in [1.29, 1.82) is 0 Å². The number of nitrogens with zero attached hydrogens (tertiary/aromatic N) is 4. The molecule has 0 spiro atoms. The minimum Gasteiger partial charge on any atom is -0.339 e. The third kappa shape index (κ3) is 1.49. The molecule has 0 atom stereocenters. The maximum Gasteiger partial charge on any atom is 0.228 e. The second kappa shape index (κ2) is 3.54. The Bertz CT molecular complexity index is 421. The van der Waals surface area contributed by atoms with Crippen molar-refractivity contribution in [3.05, 3.63) is 11.6 Å². The van der Waals surface area contributed by atoms with E-state index in [0.29, 0.717) is 36.1 Å². The molecule has 0 fully saturated rings. The van der Waals surface area contributed by atoms with Crippen molar-refractivity contribution in [1.82, 2.24) is 20.5 Å². The van der Waals surface area contributed by atoms with E-state index < -0.39 is 0 Å². The molecule has 0 aromatic carbocycles. The molecule has 7 heteroatoms. The summed E-state index contributed by atoms with van der Waals surface area (Å²) in [5.41, 5.74) is 6.47. The summed E-state index contributed by atoms with van der Waals surface area (Å²) in [7, 11) is 0. The lowest BCUT2D eigenvalue weighted by Crippen LogP contribution is -2.02. The second-order valence-electron chi connectivity index (χ2n) is 2.75. The number of aryl methyl sites for hydroxylation is 1. The standard InChI is InChI=1S/C7H9N5O2/c1-4-6(11-14-10-4)7-9-5(2-3-8)13-12-7/h2-3,8H2,1H3. The zero-order valence-corrected chi connectivity index (χ0v) is 7.60. The molecule has 2 aromatic rings. The molecule has 74 valence electrons. The monoisotopic (exact) mass is 195 g/mol. The number of rotatable bonds is 3. The van der Waals surface area contributed by atoms with Crippen LogP contribution in [0.3, 0.4) is 0 Å². The summed E-state index contributed by atoms with van der Waals surface area (Å²) in [6.07, 6.45) is 0.553. The number of hydrogen-bond donors (Lipinski definition) is 1. The highest BCUT2D eigenvalue weighted by Gasteiger charge is 2.14. The lowest BCUT2D eigenvalue weighted by molar-refractivity contribution is 0.305. The van der Waals surface area contributed by atoms with E-state index in [1.165, 1.54) is 0 Å². The van der Waals surface area contributed by atoms with Gasteiger partial charge in [-0.25, -0.2) is 4.63 Å². The summed E-state index contributed by atoms with van der Waals surface area (Å²) in [5, 5.41) is 11.0. The fourth-order valence-corrected chi connectivity index (χ4v) is 1.01. The van der Waals surface area contributed by atoms with Gasteiger partial charge in [-0.15, -0.1) is 0 Å². The van der Waals surface area contributed by atoms with E-state index in [1.807, 2.05) is 0 Å². The van der Waals surface area contributed by atoms with Crippen LogP contribution in [-0.4, -0.2) is 27.0 Å². The van der Waals surface area contributed by atoms with Crippen molar-refractivity contribution < 1.29 is 9.15 Å². The topological polar surface area (TPSA) is 104 Å². The van der Waals surface area contributed by atoms with Crippen molar-refractivity contribution in [2.75, 3.05) is 6.54 Å². The SMILES string of the molecule is Cc1nonc1-c1noc(CCN)n1. The van der Waals surface area contributed by atoms with Crippen molar-refractivity contribution in [2.45, 2.75) is 13.3 Å². The van der Waals surface area contributed by atoms with Crippen molar-refractivity contribution in [2.24, 2.45) is 5.73 Å². The highest BCUT2D eigenvalue weighted by molar-refractivity contribution is 5.49. The zero-order valence-electron chi connectivity index (χ0n) is 7.60. The Balaban J connectivity index is 2.29. The van der Waals surface area contributed by atoms with E-state index in [4.69, 9.17) is 10.3 Å². The normalized spacial score (nSPS) is 10.7. The molecule has 0 saturated carbocycles. The molecule has 0 aliphatic heterocycles. The Hall–Kier alpha value is -1.76. The van der Waals surface area contributed by atoms with Crippen LogP contribution in [-0.2, 0) is 6.42 Å². The van der Waals surface area contributed by atoms with E-state index in [-0.39, 0.29) is 0 Å². The average molecular weight is 195 g/mol. The van der Waals surface area contributed by atoms with Crippen LogP contribution in [0.2, 0.25) is 0 Å². The van der Waals surface area contributed by atoms with Gasteiger partial charge in [-0.1, -0.05) is 10.3 Å². The van der Waals surface area contributed by atoms with Gasteiger partial charge in [0.2, 0.25) is 11.7 Å². The van der Waals surface area contributed by atoms with Crippen LogP contribution in [0.15, 0.2) is 9.15 Å². The average Bonchev–Trinajstić information content (AvgIpc) is 2.74. The van der Waals surface area contributed by atoms with Gasteiger partial charge in [-0.2, -0.15) is 4.98 Å². The van der Waals surface area contributed by atoms with Gasteiger partial charge in [0, 0.05) is 13.0 Å². The minimum atomic E-state index is 0.382. The summed E-state index contributed by atoms with van der Waals surface area (Å²) < 4.78 is 9.46. The minimum absolute atomic E-state index is 0.382. The Morgan fingerprint density at radius 2 is 2.14 bits per heavy atom. The second-order valence-corrected chi connectivity index (χ2v) is 2.75. The molecule has 0 aliphatic carbocycles. The van der Waals surface area contributed by atoms with Crippen LogP contribution in [0.25, 0.3) is 11.5 Å². The fraction of sp³-hybridized carbons (Fsp3) is 0.429. The van der Waals surface area contributed by atoms with Gasteiger partial charge in [0.15, 0.2) is 5.69 Å². The lowest BCUT2D eigenvalue weighted by Gasteiger charge is -1.84. The third-order valence-corrected chi connectivity index (χ3v) is 1.69. The first-order valence-electron chi connectivity index (χ1n) is 4.13. The van der Waals surface area contributed by atoms with Gasteiger partial charge < -0.3 is 10.3 Å². The van der Waals surface area contributed by atoms with E-state index in [1.54, 1.807) is 6.92 Å². The molecule has 0 radical (unpaired) electrons. The van der Waals surface area contributed by atoms with Crippen LogP contribution in [0, 0.1) is 6.92 Å². The number of nitrogens with two attached hydrogens (primary N) is 1. The Labute approximate surface area is 79.2 Å². The third-order valence-electron chi connectivity index (χ3n) is 1.69. The highest BCUT2D eigenvalue weighted by Crippen LogP contribution is 2.15. The van der Waals surface area contributed by atoms with Gasteiger partial charge in [-0.3, -0.25) is 0 Å². The predicted molar refractivity (Wildman–Crippen MR) is 45.1 cm³/mol. The summed E-state index contributed by atoms with van der Waals surface area (Å²) in [5.74, 6) is 0.872. The molecule has 0 amide bonds. The summed E-state index contributed by atoms with van der Waals surface area (Å²) in [6.45, 7) is 2.22. The first-order valence-corrected chi connectivity index (χ1v) is 4.13. The largest absolute Gasteiger partial charge is 0.339 e. The Morgan fingerprint density at radius 1 is 1.29 bits per heavy atom. The molecule has 0 saturated heterocycles. The Morgan fingerprint density at radius 3 is 2.79 bits per heavy atom. The van der Waals surface area contributed by atoms with Gasteiger partial charge >= 0.3 is 0 Å². The van der Waals surface area contributed by atoms with Crippen LogP contribution in [0.5, 0.6) is 0 Å². The maximum atomic E-state index is 5.34. The van der Waals surface area contributed by atoms with Gasteiger partial charge in [0.1, 0.15) is 5.69 Å². The molecule has 0 bridgehead atoms. The molecule has 2 heterocycles. The maximum absolute atomic E-state index is 5.34. The van der Waals surface area contributed by atoms with Crippen LogP contribution >= 0.6 is 0 Å². The summed E-state index contributed by atoms with van der Waals surface area (Å²) in [6, 6.07) is 0. The highest BCUT2D eigenvalue weighted by atomic mass is 16.6. The number of aromatic nitrogens is 4. The quantitative estimate of drug-likeness (QED) is 0.730. The molecule has 2 aromatic heterocycles. The van der Waals surface area contributed by atoms with Crippen LogP contribution in [0.1, 0.15) is 11.6 Å². The molecule has 0 unspecified atom stereocenters.